The Balaban J connectivity index is 0. The Morgan fingerprint density at radius 2 is 0.875 bits per heavy atom. The number of hydrogen-bond donors (Lipinski definition) is 5. The molecule has 0 nitrogen and oxygen atoms in total. The van der Waals surface area contributed by atoms with Gasteiger partial charge in [0.15, 0.2) is 0 Å². The molecular formula is C14H32S10. The van der Waals surface area contributed by atoms with Gasteiger partial charge in [0.1, 0.15) is 0 Å². The first-order valence-corrected chi connectivity index (χ1v) is 16.4. The van der Waals surface area contributed by atoms with Crippen molar-refractivity contribution in [1.29, 1.82) is 0 Å². The molecule has 0 saturated carbocycles. The average molecular weight is 521 g/mol. The van der Waals surface area contributed by atoms with Crippen LogP contribution in [0.5, 0.6) is 0 Å². The second-order valence-electron chi connectivity index (χ2n) is 4.16. The topological polar surface area (TPSA) is 0 Å². The van der Waals surface area contributed by atoms with Crippen molar-refractivity contribution in [2.24, 2.45) is 0 Å². The van der Waals surface area contributed by atoms with Crippen LogP contribution < -0.4 is 0 Å². The summed E-state index contributed by atoms with van der Waals surface area (Å²) in [5.74, 6) is 10.8. The van der Waals surface area contributed by atoms with Crippen LogP contribution in [-0.4, -0.2) is 66.5 Å². The summed E-state index contributed by atoms with van der Waals surface area (Å²) in [6.07, 6.45) is 2.47. The molecule has 0 aliphatic heterocycles. The van der Waals surface area contributed by atoms with E-state index in [4.69, 9.17) is 0 Å². The van der Waals surface area contributed by atoms with E-state index in [0.29, 0.717) is 3.91 Å². The first-order valence-electron chi connectivity index (χ1n) is 7.81. The molecule has 24 heavy (non-hydrogen) atoms. The highest BCUT2D eigenvalue weighted by Crippen LogP contribution is 2.33. The molecule has 0 rings (SSSR count). The van der Waals surface area contributed by atoms with Gasteiger partial charge in [0, 0.05) is 22.3 Å². The van der Waals surface area contributed by atoms with Crippen LogP contribution in [0.25, 0.3) is 0 Å². The van der Waals surface area contributed by atoms with E-state index in [9.17, 15) is 0 Å². The molecule has 0 aromatic heterocycles. The van der Waals surface area contributed by atoms with E-state index in [2.05, 4.69) is 63.1 Å². The average Bonchev–Trinajstić information content (AvgIpc) is 2.61. The van der Waals surface area contributed by atoms with Crippen molar-refractivity contribution in [2.75, 3.05) is 62.6 Å². The Labute approximate surface area is 199 Å². The number of thioether (sulfide) groups is 5. The predicted molar refractivity (Wildman–Crippen MR) is 149 cm³/mol. The monoisotopic (exact) mass is 520 g/mol. The van der Waals surface area contributed by atoms with Gasteiger partial charge in [-0.05, 0) is 53.1 Å². The molecule has 0 aliphatic rings. The lowest BCUT2D eigenvalue weighted by atomic mass is 10.6. The van der Waals surface area contributed by atoms with Crippen LogP contribution in [0.4, 0.5) is 0 Å². The van der Waals surface area contributed by atoms with Crippen molar-refractivity contribution in [2.45, 2.75) is 16.8 Å². The Bertz CT molecular complexity index is 181. The molecule has 0 spiro atoms. The predicted octanol–water partition coefficient (Wildman–Crippen LogP) is 6.31. The molecule has 0 N–H and O–H groups in total. The molecule has 10 heteroatoms. The summed E-state index contributed by atoms with van der Waals surface area (Å²) in [7, 11) is 0. The summed E-state index contributed by atoms with van der Waals surface area (Å²) < 4.78 is 0.645. The fraction of sp³-hybridized carbons (Fsp3) is 1.00. The molecule has 0 bridgehead atoms. The fourth-order valence-corrected chi connectivity index (χ4v) is 8.69. The minimum Gasteiger partial charge on any atom is -0.179 e. The molecule has 0 atom stereocenters. The minimum atomic E-state index is 0.645. The molecule has 0 fully saturated rings. The standard InChI is InChI=1S/C7H16S6.C7H16S4/c8-1-4-11-7(12-5-2-9)13-6-3-10;8-3-1-5-10-7-11-6-2-4-9/h7-10H,1-6H2;8-9H,1-7H2. The SMILES string of the molecule is SCCCSCSCCCS.SCCSC(SCCS)SCCS. The molecule has 0 unspecified atom stereocenters. The van der Waals surface area contributed by atoms with Crippen molar-refractivity contribution in [3.63, 3.8) is 0 Å². The third-order valence-corrected chi connectivity index (χ3v) is 11.4. The van der Waals surface area contributed by atoms with Gasteiger partial charge in [-0.1, -0.05) is 0 Å². The molecular weight excluding hydrogens is 489 g/mol. The van der Waals surface area contributed by atoms with Crippen molar-refractivity contribution < 1.29 is 0 Å². The molecule has 0 aromatic carbocycles. The Morgan fingerprint density at radius 3 is 1.17 bits per heavy atom. The van der Waals surface area contributed by atoms with Crippen LogP contribution in [0.3, 0.4) is 0 Å². The second kappa shape index (κ2) is 28.7. The molecule has 0 saturated heterocycles. The largest absolute Gasteiger partial charge is 0.179 e. The van der Waals surface area contributed by atoms with E-state index < -0.39 is 0 Å². The van der Waals surface area contributed by atoms with E-state index in [1.165, 1.54) is 29.4 Å². The van der Waals surface area contributed by atoms with Crippen molar-refractivity contribution in [1.82, 2.24) is 0 Å². The van der Waals surface area contributed by atoms with Gasteiger partial charge < -0.3 is 0 Å². The van der Waals surface area contributed by atoms with E-state index in [-0.39, 0.29) is 0 Å². The van der Waals surface area contributed by atoms with Crippen LogP contribution in [0.1, 0.15) is 12.8 Å². The second-order valence-corrected chi connectivity index (χ2v) is 13.5. The third kappa shape index (κ3) is 27.7. The quantitative estimate of drug-likeness (QED) is 0.0863. The van der Waals surface area contributed by atoms with Crippen LogP contribution in [0.15, 0.2) is 0 Å². The van der Waals surface area contributed by atoms with Crippen LogP contribution >= 0.6 is 122 Å². The number of rotatable bonds is 17. The van der Waals surface area contributed by atoms with Crippen molar-refractivity contribution >= 4 is 122 Å². The zero-order chi connectivity index (χ0) is 18.3. The van der Waals surface area contributed by atoms with Crippen LogP contribution in [0.2, 0.25) is 0 Å². The normalized spacial score (nSPS) is 10.8. The lowest BCUT2D eigenvalue weighted by Crippen LogP contribution is -1.98. The summed E-state index contributed by atoms with van der Waals surface area (Å²) in [6.45, 7) is 0. The Hall–Kier alpha value is 3.50. The van der Waals surface area contributed by atoms with E-state index in [1.54, 1.807) is 0 Å². The maximum absolute atomic E-state index is 4.21. The van der Waals surface area contributed by atoms with E-state index >= 15 is 0 Å². The minimum absolute atomic E-state index is 0.645. The molecule has 0 aromatic rings. The highest BCUT2D eigenvalue weighted by molar-refractivity contribution is 8.32. The summed E-state index contributed by atoms with van der Waals surface area (Å²) in [5.41, 5.74) is 0. The highest BCUT2D eigenvalue weighted by Gasteiger charge is 2.08. The molecule has 0 aliphatic carbocycles. The summed E-state index contributed by atoms with van der Waals surface area (Å²) >= 11 is 30.9. The van der Waals surface area contributed by atoms with Crippen LogP contribution in [-0.2, 0) is 0 Å². The third-order valence-electron chi connectivity index (χ3n) is 2.10. The van der Waals surface area contributed by atoms with Gasteiger partial charge in [-0.15, -0.1) is 35.3 Å². The lowest BCUT2D eigenvalue weighted by Gasteiger charge is -2.13. The molecule has 0 amide bonds. The molecule has 0 heterocycles. The maximum Gasteiger partial charge on any atom is 0.0956 e. The number of hydrogen-bond acceptors (Lipinski definition) is 10. The highest BCUT2D eigenvalue weighted by atomic mass is 32.3. The van der Waals surface area contributed by atoms with Crippen molar-refractivity contribution in [3.8, 4) is 0 Å². The molecule has 0 radical (unpaired) electrons. The molecule has 148 valence electrons. The van der Waals surface area contributed by atoms with Gasteiger partial charge in [-0.3, -0.25) is 0 Å². The zero-order valence-electron chi connectivity index (χ0n) is 14.0. The number of thiol groups is 5. The lowest BCUT2D eigenvalue weighted by molar-refractivity contribution is 1.13. The first kappa shape index (κ1) is 29.7. The van der Waals surface area contributed by atoms with Gasteiger partial charge in [0.25, 0.3) is 0 Å². The summed E-state index contributed by atoms with van der Waals surface area (Å²) in [6, 6.07) is 0. The first-order chi connectivity index (χ1) is 11.8. The van der Waals surface area contributed by atoms with Gasteiger partial charge in [0.2, 0.25) is 0 Å². The van der Waals surface area contributed by atoms with Crippen molar-refractivity contribution in [3.05, 3.63) is 0 Å². The Morgan fingerprint density at radius 1 is 0.500 bits per heavy atom. The van der Waals surface area contributed by atoms with Crippen LogP contribution in [0, 0.1) is 0 Å². The summed E-state index contributed by atoms with van der Waals surface area (Å²) in [5, 5.41) is 1.24. The van der Waals surface area contributed by atoms with E-state index in [1.807, 2.05) is 58.8 Å². The van der Waals surface area contributed by atoms with E-state index in [0.717, 1.165) is 46.0 Å². The van der Waals surface area contributed by atoms with Gasteiger partial charge in [-0.25, -0.2) is 0 Å². The van der Waals surface area contributed by atoms with Gasteiger partial charge >= 0.3 is 0 Å². The van der Waals surface area contributed by atoms with Gasteiger partial charge in [-0.2, -0.15) is 86.7 Å². The smallest absolute Gasteiger partial charge is 0.0956 e. The maximum atomic E-state index is 4.21. The summed E-state index contributed by atoms with van der Waals surface area (Å²) in [4.78, 5) is 0. The zero-order valence-corrected chi connectivity index (χ0v) is 22.6. The Kier molecular flexibility index (Phi) is 35.5. The van der Waals surface area contributed by atoms with Gasteiger partial charge in [0.05, 0.1) is 3.91 Å². The fourth-order valence-electron chi connectivity index (χ4n) is 1.10.